The molecule has 0 bridgehead atoms. The quantitative estimate of drug-likeness (QED) is 0.819. The average molecular weight is 358 g/mol. The highest BCUT2D eigenvalue weighted by Gasteiger charge is 2.13. The number of amides is 1. The van der Waals surface area contributed by atoms with Crippen LogP contribution < -0.4 is 24.8 Å². The molecule has 0 radical (unpaired) electrons. The molecule has 0 fully saturated rings. The molecule has 7 heteroatoms. The van der Waals surface area contributed by atoms with Gasteiger partial charge in [0.1, 0.15) is 19.0 Å². The van der Waals surface area contributed by atoms with E-state index < -0.39 is 0 Å². The molecule has 3 rings (SSSR count). The second-order valence-corrected chi connectivity index (χ2v) is 5.63. The van der Waals surface area contributed by atoms with E-state index >= 15 is 0 Å². The Hall–Kier alpha value is -2.80. The molecule has 2 aromatic rings. The van der Waals surface area contributed by atoms with Crippen LogP contribution >= 0.6 is 12.2 Å². The molecule has 0 atom stereocenters. The summed E-state index contributed by atoms with van der Waals surface area (Å²) < 4.78 is 16.3. The summed E-state index contributed by atoms with van der Waals surface area (Å²) >= 11 is 5.19. The van der Waals surface area contributed by atoms with Gasteiger partial charge in [0.25, 0.3) is 5.91 Å². The van der Waals surface area contributed by atoms with Gasteiger partial charge in [-0.3, -0.25) is 10.1 Å². The topological polar surface area (TPSA) is 68.8 Å². The fourth-order valence-corrected chi connectivity index (χ4v) is 2.54. The zero-order chi connectivity index (χ0) is 17.6. The van der Waals surface area contributed by atoms with Gasteiger partial charge in [0.15, 0.2) is 16.6 Å². The second-order valence-electron chi connectivity index (χ2n) is 5.22. The molecule has 6 nitrogen and oxygen atoms in total. The largest absolute Gasteiger partial charge is 0.494 e. The van der Waals surface area contributed by atoms with E-state index in [0.29, 0.717) is 42.6 Å². The number of hydrogen-bond donors (Lipinski definition) is 2. The Bertz CT molecular complexity index is 777. The van der Waals surface area contributed by atoms with Crippen LogP contribution in [0.3, 0.4) is 0 Å². The van der Waals surface area contributed by atoms with Crippen LogP contribution in [-0.4, -0.2) is 30.8 Å². The predicted molar refractivity (Wildman–Crippen MR) is 98.7 cm³/mol. The van der Waals surface area contributed by atoms with Crippen molar-refractivity contribution in [3.63, 3.8) is 0 Å². The number of fused-ring (bicyclic) bond motifs is 1. The van der Waals surface area contributed by atoms with Crippen molar-refractivity contribution in [1.29, 1.82) is 0 Å². The number of carbonyl (C=O) groups is 1. The summed E-state index contributed by atoms with van der Waals surface area (Å²) in [5.74, 6) is 1.77. The molecule has 0 aliphatic carbocycles. The first-order valence-corrected chi connectivity index (χ1v) is 8.31. The first-order valence-electron chi connectivity index (χ1n) is 7.90. The molecule has 0 spiro atoms. The SMILES string of the molecule is CCOc1ccc(C(=O)NC(=S)Nc2ccc3c(c2)OCCO3)cc1. The number of anilines is 1. The Labute approximate surface area is 151 Å². The zero-order valence-corrected chi connectivity index (χ0v) is 14.5. The maximum Gasteiger partial charge on any atom is 0.257 e. The van der Waals surface area contributed by atoms with Gasteiger partial charge >= 0.3 is 0 Å². The summed E-state index contributed by atoms with van der Waals surface area (Å²) in [5, 5.41) is 5.81. The lowest BCUT2D eigenvalue weighted by Gasteiger charge is -2.19. The number of carbonyl (C=O) groups excluding carboxylic acids is 1. The van der Waals surface area contributed by atoms with Crippen LogP contribution in [0, 0.1) is 0 Å². The van der Waals surface area contributed by atoms with Crippen molar-refractivity contribution >= 4 is 28.9 Å². The van der Waals surface area contributed by atoms with E-state index in [0.717, 1.165) is 5.75 Å². The minimum Gasteiger partial charge on any atom is -0.494 e. The van der Waals surface area contributed by atoms with E-state index in [1.165, 1.54) is 0 Å². The van der Waals surface area contributed by atoms with Crippen molar-refractivity contribution < 1.29 is 19.0 Å². The van der Waals surface area contributed by atoms with Crippen molar-refractivity contribution in [2.75, 3.05) is 25.1 Å². The average Bonchev–Trinajstić information content (AvgIpc) is 2.62. The van der Waals surface area contributed by atoms with Crippen LogP contribution in [0.15, 0.2) is 42.5 Å². The van der Waals surface area contributed by atoms with Gasteiger partial charge in [-0.2, -0.15) is 0 Å². The molecule has 130 valence electrons. The highest BCUT2D eigenvalue weighted by molar-refractivity contribution is 7.80. The van der Waals surface area contributed by atoms with Gasteiger partial charge in [-0.1, -0.05) is 0 Å². The van der Waals surface area contributed by atoms with Gasteiger partial charge in [0, 0.05) is 17.3 Å². The van der Waals surface area contributed by atoms with Gasteiger partial charge in [0.05, 0.1) is 6.61 Å². The first kappa shape index (κ1) is 17.0. The molecule has 25 heavy (non-hydrogen) atoms. The molecule has 0 unspecified atom stereocenters. The van der Waals surface area contributed by atoms with Gasteiger partial charge in [0.2, 0.25) is 0 Å². The summed E-state index contributed by atoms with van der Waals surface area (Å²) in [6.07, 6.45) is 0. The Morgan fingerprint density at radius 1 is 1.12 bits per heavy atom. The standard InChI is InChI=1S/C18H18N2O4S/c1-2-22-14-6-3-12(4-7-14)17(21)20-18(25)19-13-5-8-15-16(11-13)24-10-9-23-15/h3-8,11H,2,9-10H2,1H3,(H2,19,20,21,25). The number of nitrogens with one attached hydrogen (secondary N) is 2. The van der Waals surface area contributed by atoms with Crippen LogP contribution in [0.1, 0.15) is 17.3 Å². The molecule has 1 amide bonds. The third-order valence-electron chi connectivity index (χ3n) is 3.45. The minimum atomic E-state index is -0.293. The molecular formula is C18H18N2O4S. The van der Waals surface area contributed by atoms with Crippen molar-refractivity contribution in [1.82, 2.24) is 5.32 Å². The summed E-state index contributed by atoms with van der Waals surface area (Å²) in [4.78, 5) is 12.2. The van der Waals surface area contributed by atoms with Crippen molar-refractivity contribution in [3.05, 3.63) is 48.0 Å². The van der Waals surface area contributed by atoms with E-state index in [1.807, 2.05) is 13.0 Å². The van der Waals surface area contributed by atoms with E-state index in [9.17, 15) is 4.79 Å². The zero-order valence-electron chi connectivity index (χ0n) is 13.7. The minimum absolute atomic E-state index is 0.204. The Morgan fingerprint density at radius 3 is 2.56 bits per heavy atom. The molecule has 1 heterocycles. The van der Waals surface area contributed by atoms with E-state index in [4.69, 9.17) is 26.4 Å². The van der Waals surface area contributed by atoms with E-state index in [1.54, 1.807) is 36.4 Å². The summed E-state index contributed by atoms with van der Waals surface area (Å²) in [6.45, 7) is 3.53. The predicted octanol–water partition coefficient (Wildman–Crippen LogP) is 2.98. The van der Waals surface area contributed by atoms with Crippen LogP contribution in [0.2, 0.25) is 0 Å². The maximum absolute atomic E-state index is 12.2. The number of benzene rings is 2. The number of ether oxygens (including phenoxy) is 3. The molecule has 1 aliphatic rings. The second kappa shape index (κ2) is 7.85. The number of thiocarbonyl (C=S) groups is 1. The van der Waals surface area contributed by atoms with Crippen LogP contribution in [0.4, 0.5) is 5.69 Å². The van der Waals surface area contributed by atoms with Crippen LogP contribution in [-0.2, 0) is 0 Å². The highest BCUT2D eigenvalue weighted by Crippen LogP contribution is 2.32. The number of hydrogen-bond acceptors (Lipinski definition) is 5. The summed E-state index contributed by atoms with van der Waals surface area (Å²) in [6, 6.07) is 12.3. The van der Waals surface area contributed by atoms with Crippen LogP contribution in [0.25, 0.3) is 0 Å². The van der Waals surface area contributed by atoms with Gasteiger partial charge in [-0.15, -0.1) is 0 Å². The van der Waals surface area contributed by atoms with E-state index in [2.05, 4.69) is 10.6 Å². The molecule has 0 aromatic heterocycles. The first-order chi connectivity index (χ1) is 12.2. The number of rotatable bonds is 4. The molecular weight excluding hydrogens is 340 g/mol. The van der Waals surface area contributed by atoms with Crippen molar-refractivity contribution in [3.8, 4) is 17.2 Å². The third-order valence-corrected chi connectivity index (χ3v) is 3.66. The monoisotopic (exact) mass is 358 g/mol. The summed E-state index contributed by atoms with van der Waals surface area (Å²) in [7, 11) is 0. The normalized spacial score (nSPS) is 12.2. The molecule has 0 saturated carbocycles. The fraction of sp³-hybridized carbons (Fsp3) is 0.222. The lowest BCUT2D eigenvalue weighted by atomic mass is 10.2. The van der Waals surface area contributed by atoms with Gasteiger partial charge in [-0.05, 0) is 55.5 Å². The summed E-state index contributed by atoms with van der Waals surface area (Å²) in [5.41, 5.74) is 1.20. The third kappa shape index (κ3) is 4.39. The molecule has 1 aliphatic heterocycles. The highest BCUT2D eigenvalue weighted by atomic mass is 32.1. The molecule has 2 N–H and O–H groups in total. The van der Waals surface area contributed by atoms with Gasteiger partial charge < -0.3 is 19.5 Å². The van der Waals surface area contributed by atoms with Crippen molar-refractivity contribution in [2.24, 2.45) is 0 Å². The van der Waals surface area contributed by atoms with E-state index in [-0.39, 0.29) is 11.0 Å². The van der Waals surface area contributed by atoms with Gasteiger partial charge in [-0.25, -0.2) is 0 Å². The maximum atomic E-state index is 12.2. The smallest absolute Gasteiger partial charge is 0.257 e. The Kier molecular flexibility index (Phi) is 5.35. The lowest BCUT2D eigenvalue weighted by molar-refractivity contribution is 0.0977. The fourth-order valence-electron chi connectivity index (χ4n) is 2.33. The lowest BCUT2D eigenvalue weighted by Crippen LogP contribution is -2.34. The molecule has 0 saturated heterocycles. The van der Waals surface area contributed by atoms with Crippen molar-refractivity contribution in [2.45, 2.75) is 6.92 Å². The molecule has 2 aromatic carbocycles. The Balaban J connectivity index is 1.59. The Morgan fingerprint density at radius 2 is 1.84 bits per heavy atom. The van der Waals surface area contributed by atoms with Crippen LogP contribution in [0.5, 0.6) is 17.2 Å².